The Labute approximate surface area is 113 Å². The van der Waals surface area contributed by atoms with Crippen molar-refractivity contribution in [1.29, 1.82) is 0 Å². The van der Waals surface area contributed by atoms with Gasteiger partial charge in [0, 0.05) is 12.2 Å². The minimum Gasteiger partial charge on any atom is -0.374 e. The lowest BCUT2D eigenvalue weighted by molar-refractivity contribution is -0.120. The Balaban J connectivity index is 2.64. The van der Waals surface area contributed by atoms with Gasteiger partial charge in [0.15, 0.2) is 0 Å². The number of hydrogen-bond donors (Lipinski definition) is 3. The normalized spacial score (nSPS) is 11.6. The second-order valence-electron chi connectivity index (χ2n) is 4.46. The number of nitrogens with one attached hydrogen (secondary N) is 3. The zero-order valence-electron chi connectivity index (χ0n) is 11.8. The van der Waals surface area contributed by atoms with E-state index in [1.54, 1.807) is 13.8 Å². The van der Waals surface area contributed by atoms with Crippen LogP contribution in [0.3, 0.4) is 0 Å². The molecule has 0 aliphatic rings. The first-order chi connectivity index (χ1) is 8.95. The van der Waals surface area contributed by atoms with Gasteiger partial charge in [-0.2, -0.15) is 0 Å². The van der Waals surface area contributed by atoms with Gasteiger partial charge in [-0.15, -0.1) is 0 Å². The number of anilines is 1. The van der Waals surface area contributed by atoms with Gasteiger partial charge in [-0.3, -0.25) is 10.1 Å². The van der Waals surface area contributed by atoms with Gasteiger partial charge in [0.2, 0.25) is 5.91 Å². The highest BCUT2D eigenvalue weighted by Crippen LogP contribution is 2.18. The van der Waals surface area contributed by atoms with Crippen molar-refractivity contribution in [1.82, 2.24) is 10.6 Å². The van der Waals surface area contributed by atoms with E-state index in [-0.39, 0.29) is 5.91 Å². The van der Waals surface area contributed by atoms with Gasteiger partial charge >= 0.3 is 6.03 Å². The minimum absolute atomic E-state index is 0.355. The third-order valence-corrected chi connectivity index (χ3v) is 2.94. The first kappa shape index (κ1) is 15.0. The molecule has 5 heteroatoms. The summed E-state index contributed by atoms with van der Waals surface area (Å²) >= 11 is 0. The smallest absolute Gasteiger partial charge is 0.321 e. The first-order valence-electron chi connectivity index (χ1n) is 6.37. The molecular weight excluding hydrogens is 242 g/mol. The number of hydrogen-bond acceptors (Lipinski definition) is 3. The number of aryl methyl sites for hydroxylation is 1. The molecule has 0 bridgehead atoms. The van der Waals surface area contributed by atoms with Crippen molar-refractivity contribution in [2.24, 2.45) is 0 Å². The minimum atomic E-state index is -0.483. The summed E-state index contributed by atoms with van der Waals surface area (Å²) in [6.07, 6.45) is 0. The summed E-state index contributed by atoms with van der Waals surface area (Å²) in [6.45, 7) is 8.00. The summed E-state index contributed by atoms with van der Waals surface area (Å²) in [6, 6.07) is 4.90. The molecule has 104 valence electrons. The van der Waals surface area contributed by atoms with Gasteiger partial charge in [-0.05, 0) is 44.9 Å². The lowest BCUT2D eigenvalue weighted by Crippen LogP contribution is -2.45. The molecule has 0 fully saturated rings. The molecule has 0 aliphatic heterocycles. The van der Waals surface area contributed by atoms with E-state index in [2.05, 4.69) is 16.0 Å². The average Bonchev–Trinajstić information content (AvgIpc) is 2.35. The molecule has 5 nitrogen and oxygen atoms in total. The van der Waals surface area contributed by atoms with Gasteiger partial charge in [0.1, 0.15) is 6.04 Å². The van der Waals surface area contributed by atoms with Gasteiger partial charge in [-0.1, -0.05) is 12.1 Å². The highest BCUT2D eigenvalue weighted by Gasteiger charge is 2.16. The average molecular weight is 263 g/mol. The van der Waals surface area contributed by atoms with Crippen molar-refractivity contribution >= 4 is 17.6 Å². The molecule has 0 saturated carbocycles. The SMILES string of the molecule is CCNC(=O)NC(=O)[C@@H](C)Nc1cccc(C)c1C. The van der Waals surface area contributed by atoms with Crippen LogP contribution in [0.4, 0.5) is 10.5 Å². The zero-order valence-corrected chi connectivity index (χ0v) is 11.8. The predicted molar refractivity (Wildman–Crippen MR) is 76.2 cm³/mol. The standard InChI is InChI=1S/C14H21N3O2/c1-5-15-14(19)17-13(18)11(4)16-12-8-6-7-9(2)10(12)3/h6-8,11,16H,5H2,1-4H3,(H2,15,17,18,19)/t11-/m1/s1. The number of urea groups is 1. The molecule has 1 aromatic rings. The van der Waals surface area contributed by atoms with Crippen molar-refractivity contribution in [2.45, 2.75) is 33.7 Å². The number of amides is 3. The Morgan fingerprint density at radius 1 is 1.26 bits per heavy atom. The van der Waals surface area contributed by atoms with Crippen molar-refractivity contribution in [3.63, 3.8) is 0 Å². The highest BCUT2D eigenvalue weighted by atomic mass is 16.2. The van der Waals surface area contributed by atoms with E-state index >= 15 is 0 Å². The van der Waals surface area contributed by atoms with Crippen LogP contribution in [0, 0.1) is 13.8 Å². The lowest BCUT2D eigenvalue weighted by Gasteiger charge is -2.17. The predicted octanol–water partition coefficient (Wildman–Crippen LogP) is 1.95. The number of benzene rings is 1. The topological polar surface area (TPSA) is 70.2 Å². The van der Waals surface area contributed by atoms with E-state index in [1.165, 1.54) is 0 Å². The Kier molecular flexibility index (Phi) is 5.36. The third kappa shape index (κ3) is 4.28. The Hall–Kier alpha value is -2.04. The molecule has 0 unspecified atom stereocenters. The molecule has 0 radical (unpaired) electrons. The molecule has 3 amide bonds. The summed E-state index contributed by atoms with van der Waals surface area (Å²) in [5.74, 6) is -0.355. The van der Waals surface area contributed by atoms with Crippen molar-refractivity contribution in [3.8, 4) is 0 Å². The molecule has 0 spiro atoms. The fraction of sp³-hybridized carbons (Fsp3) is 0.429. The summed E-state index contributed by atoms with van der Waals surface area (Å²) in [5.41, 5.74) is 3.15. The maximum atomic E-state index is 11.8. The Morgan fingerprint density at radius 2 is 1.95 bits per heavy atom. The molecule has 19 heavy (non-hydrogen) atoms. The second-order valence-corrected chi connectivity index (χ2v) is 4.46. The van der Waals surface area contributed by atoms with E-state index in [0.29, 0.717) is 6.54 Å². The lowest BCUT2D eigenvalue weighted by atomic mass is 10.1. The summed E-state index contributed by atoms with van der Waals surface area (Å²) in [5, 5.41) is 7.91. The van der Waals surface area contributed by atoms with Crippen LogP contribution in [-0.4, -0.2) is 24.5 Å². The first-order valence-corrected chi connectivity index (χ1v) is 6.37. The number of carbonyl (C=O) groups excluding carboxylic acids is 2. The van der Waals surface area contributed by atoms with Crippen molar-refractivity contribution < 1.29 is 9.59 Å². The van der Waals surface area contributed by atoms with Crippen LogP contribution >= 0.6 is 0 Å². The maximum absolute atomic E-state index is 11.8. The second kappa shape index (κ2) is 6.78. The van der Waals surface area contributed by atoms with Gasteiger partial charge in [-0.25, -0.2) is 4.79 Å². The van der Waals surface area contributed by atoms with E-state index in [9.17, 15) is 9.59 Å². The van der Waals surface area contributed by atoms with Crippen LogP contribution in [0.25, 0.3) is 0 Å². The van der Waals surface area contributed by atoms with Crippen molar-refractivity contribution in [2.75, 3.05) is 11.9 Å². The van der Waals surface area contributed by atoms with Gasteiger partial charge < -0.3 is 10.6 Å². The maximum Gasteiger partial charge on any atom is 0.321 e. The summed E-state index contributed by atoms with van der Waals surface area (Å²) in [7, 11) is 0. The molecule has 1 aromatic carbocycles. The quantitative estimate of drug-likeness (QED) is 0.777. The van der Waals surface area contributed by atoms with Gasteiger partial charge in [0.05, 0.1) is 0 Å². The summed E-state index contributed by atoms with van der Waals surface area (Å²) in [4.78, 5) is 23.1. The number of imide groups is 1. The van der Waals surface area contributed by atoms with Gasteiger partial charge in [0.25, 0.3) is 0 Å². The van der Waals surface area contributed by atoms with E-state index in [4.69, 9.17) is 0 Å². The number of rotatable bonds is 4. The Morgan fingerprint density at radius 3 is 2.58 bits per heavy atom. The molecule has 1 rings (SSSR count). The molecule has 3 N–H and O–H groups in total. The van der Waals surface area contributed by atoms with Crippen LogP contribution in [0.1, 0.15) is 25.0 Å². The van der Waals surface area contributed by atoms with E-state index in [1.807, 2.05) is 32.0 Å². The largest absolute Gasteiger partial charge is 0.374 e. The zero-order chi connectivity index (χ0) is 14.4. The van der Waals surface area contributed by atoms with Crippen LogP contribution in [0.5, 0.6) is 0 Å². The molecule has 1 atom stereocenters. The Bertz CT molecular complexity index is 472. The monoisotopic (exact) mass is 263 g/mol. The molecule has 0 saturated heterocycles. The molecule has 0 aromatic heterocycles. The van der Waals surface area contributed by atoms with Crippen molar-refractivity contribution in [3.05, 3.63) is 29.3 Å². The molecule has 0 heterocycles. The van der Waals surface area contributed by atoms with Crippen LogP contribution in [-0.2, 0) is 4.79 Å². The molecular formula is C14H21N3O2. The fourth-order valence-electron chi connectivity index (χ4n) is 1.63. The summed E-state index contributed by atoms with van der Waals surface area (Å²) < 4.78 is 0. The van der Waals surface area contributed by atoms with Crippen LogP contribution in [0.2, 0.25) is 0 Å². The van der Waals surface area contributed by atoms with Crippen LogP contribution in [0.15, 0.2) is 18.2 Å². The molecule has 0 aliphatic carbocycles. The third-order valence-electron chi connectivity index (χ3n) is 2.94. The highest BCUT2D eigenvalue weighted by molar-refractivity contribution is 5.98. The van der Waals surface area contributed by atoms with E-state index < -0.39 is 12.1 Å². The fourth-order valence-corrected chi connectivity index (χ4v) is 1.63. The van der Waals surface area contributed by atoms with Crippen LogP contribution < -0.4 is 16.0 Å². The number of carbonyl (C=O) groups is 2. The van der Waals surface area contributed by atoms with E-state index in [0.717, 1.165) is 16.8 Å².